The number of hydrogen-bond acceptors (Lipinski definition) is 2. The fourth-order valence-electron chi connectivity index (χ4n) is 6.31. The number of pyridine rings is 2. The molecule has 0 saturated heterocycles. The van der Waals surface area contributed by atoms with E-state index in [-0.39, 0.29) is 0 Å². The Kier molecular flexibility index (Phi) is 5.61. The van der Waals surface area contributed by atoms with Crippen molar-refractivity contribution in [2.75, 3.05) is 0 Å². The van der Waals surface area contributed by atoms with Crippen LogP contribution in [0.5, 0.6) is 0 Å². The minimum absolute atomic E-state index is 1.02. The Morgan fingerprint density at radius 3 is 1.00 bits per heavy atom. The largest absolute Gasteiger partial charge is 0.252 e. The average Bonchev–Trinajstić information content (AvgIpc) is 3.05. The minimum atomic E-state index is 1.02. The summed E-state index contributed by atoms with van der Waals surface area (Å²) in [5, 5.41) is 4.74. The van der Waals surface area contributed by atoms with Gasteiger partial charge >= 0.3 is 0 Å². The first-order chi connectivity index (χ1) is 20.6. The van der Waals surface area contributed by atoms with Gasteiger partial charge in [0.1, 0.15) is 0 Å². The van der Waals surface area contributed by atoms with Crippen LogP contribution in [0.1, 0.15) is 11.4 Å². The van der Waals surface area contributed by atoms with Crippen LogP contribution < -0.4 is 0 Å². The van der Waals surface area contributed by atoms with E-state index >= 15 is 0 Å². The molecule has 8 aromatic rings. The highest BCUT2D eigenvalue weighted by atomic mass is 14.7. The summed E-state index contributed by atoms with van der Waals surface area (Å²) < 4.78 is 0. The van der Waals surface area contributed by atoms with Crippen LogP contribution in [0.2, 0.25) is 0 Å². The summed E-state index contributed by atoms with van der Waals surface area (Å²) in [6, 6.07) is 47.7. The van der Waals surface area contributed by atoms with Gasteiger partial charge in [-0.05, 0) is 82.6 Å². The van der Waals surface area contributed by atoms with Gasteiger partial charge in [0.05, 0.1) is 11.0 Å². The molecule has 2 heterocycles. The molecule has 0 saturated carbocycles. The van der Waals surface area contributed by atoms with Crippen molar-refractivity contribution in [1.82, 2.24) is 9.97 Å². The van der Waals surface area contributed by atoms with Crippen LogP contribution in [0, 0.1) is 13.8 Å². The number of aromatic nitrogens is 2. The lowest BCUT2D eigenvalue weighted by molar-refractivity contribution is 1.26. The highest BCUT2D eigenvalue weighted by Gasteiger charge is 2.18. The first-order valence-corrected chi connectivity index (χ1v) is 14.4. The van der Waals surface area contributed by atoms with E-state index in [1.165, 1.54) is 54.9 Å². The zero-order valence-corrected chi connectivity index (χ0v) is 23.6. The lowest BCUT2D eigenvalue weighted by Crippen LogP contribution is -1.97. The van der Waals surface area contributed by atoms with E-state index in [9.17, 15) is 0 Å². The Morgan fingerprint density at radius 2 is 0.643 bits per heavy atom. The second kappa shape index (κ2) is 9.64. The molecule has 2 heteroatoms. The highest BCUT2D eigenvalue weighted by molar-refractivity contribution is 6.23. The Bertz CT molecular complexity index is 2050. The van der Waals surface area contributed by atoms with E-state index in [4.69, 9.17) is 9.97 Å². The van der Waals surface area contributed by atoms with Crippen LogP contribution >= 0.6 is 0 Å². The van der Waals surface area contributed by atoms with Gasteiger partial charge in [-0.1, -0.05) is 109 Å². The van der Waals surface area contributed by atoms with Crippen LogP contribution in [0.15, 0.2) is 133 Å². The van der Waals surface area contributed by atoms with Crippen LogP contribution in [0.4, 0.5) is 0 Å². The molecular weight excluding hydrogens is 508 g/mol. The van der Waals surface area contributed by atoms with Gasteiger partial charge in [0, 0.05) is 32.9 Å². The minimum Gasteiger partial charge on any atom is -0.252 e. The Labute approximate surface area is 245 Å². The van der Waals surface area contributed by atoms with E-state index < -0.39 is 0 Å². The zero-order valence-electron chi connectivity index (χ0n) is 23.6. The maximum Gasteiger partial charge on any atom is 0.0725 e. The van der Waals surface area contributed by atoms with Crippen molar-refractivity contribution in [3.8, 4) is 44.5 Å². The second-order valence-electron chi connectivity index (χ2n) is 11.1. The van der Waals surface area contributed by atoms with Crippen molar-refractivity contribution in [2.45, 2.75) is 13.8 Å². The van der Waals surface area contributed by atoms with E-state index in [0.717, 1.165) is 33.5 Å². The Morgan fingerprint density at radius 1 is 0.333 bits per heavy atom. The number of hydrogen-bond donors (Lipinski definition) is 0. The lowest BCUT2D eigenvalue weighted by atomic mass is 9.91. The molecule has 2 nitrogen and oxygen atoms in total. The van der Waals surface area contributed by atoms with E-state index in [1.54, 1.807) is 0 Å². The third kappa shape index (κ3) is 4.03. The molecule has 0 radical (unpaired) electrons. The highest BCUT2D eigenvalue weighted by Crippen LogP contribution is 2.40. The van der Waals surface area contributed by atoms with Gasteiger partial charge in [-0.15, -0.1) is 0 Å². The number of nitrogens with zero attached hydrogens (tertiary/aromatic N) is 2. The normalized spacial score (nSPS) is 11.6. The quantitative estimate of drug-likeness (QED) is 0.209. The lowest BCUT2D eigenvalue weighted by Gasteiger charge is -2.17. The third-order valence-corrected chi connectivity index (χ3v) is 8.49. The maximum atomic E-state index is 5.16. The van der Waals surface area contributed by atoms with Crippen molar-refractivity contribution in [3.05, 3.63) is 145 Å². The summed E-state index contributed by atoms with van der Waals surface area (Å²) in [4.78, 5) is 10.3. The van der Waals surface area contributed by atoms with Crippen molar-refractivity contribution >= 4 is 32.6 Å². The summed E-state index contributed by atoms with van der Waals surface area (Å²) in [5.41, 5.74) is 13.7. The predicted octanol–water partition coefficient (Wildman–Crippen LogP) is 10.7. The molecular formula is C40H28N2. The van der Waals surface area contributed by atoms with Gasteiger partial charge in [-0.3, -0.25) is 9.97 Å². The predicted molar refractivity (Wildman–Crippen MR) is 177 cm³/mol. The molecule has 0 aliphatic carbocycles. The molecule has 6 aromatic carbocycles. The molecule has 0 bridgehead atoms. The number of rotatable bonds is 4. The summed E-state index contributed by atoms with van der Waals surface area (Å²) in [7, 11) is 0. The van der Waals surface area contributed by atoms with Crippen molar-refractivity contribution in [2.24, 2.45) is 0 Å². The van der Waals surface area contributed by atoms with E-state index in [2.05, 4.69) is 147 Å². The second-order valence-corrected chi connectivity index (χ2v) is 11.1. The molecule has 0 aliphatic rings. The number of aryl methyl sites for hydroxylation is 2. The molecule has 0 amide bonds. The summed E-state index contributed by atoms with van der Waals surface area (Å²) in [6.07, 6.45) is 0. The first kappa shape index (κ1) is 24.5. The van der Waals surface area contributed by atoms with Crippen LogP contribution in [-0.2, 0) is 0 Å². The van der Waals surface area contributed by atoms with Gasteiger partial charge in [0.15, 0.2) is 0 Å². The summed E-state index contributed by atoms with van der Waals surface area (Å²) in [6.45, 7) is 4.24. The summed E-state index contributed by atoms with van der Waals surface area (Å²) >= 11 is 0. The van der Waals surface area contributed by atoms with Crippen molar-refractivity contribution in [1.29, 1.82) is 0 Å². The molecule has 0 N–H and O–H groups in total. The molecule has 0 aliphatic heterocycles. The third-order valence-electron chi connectivity index (χ3n) is 8.49. The van der Waals surface area contributed by atoms with Gasteiger partial charge in [0.25, 0.3) is 0 Å². The van der Waals surface area contributed by atoms with E-state index in [1.807, 2.05) is 0 Å². The monoisotopic (exact) mass is 536 g/mol. The van der Waals surface area contributed by atoms with Crippen LogP contribution in [0.3, 0.4) is 0 Å². The van der Waals surface area contributed by atoms with Gasteiger partial charge in [0.2, 0.25) is 0 Å². The topological polar surface area (TPSA) is 25.8 Å². The first-order valence-electron chi connectivity index (χ1n) is 14.4. The molecule has 0 spiro atoms. The van der Waals surface area contributed by atoms with Gasteiger partial charge in [-0.2, -0.15) is 0 Å². The Hall–Kier alpha value is -5.34. The van der Waals surface area contributed by atoms with Crippen molar-refractivity contribution < 1.29 is 0 Å². The fourth-order valence-corrected chi connectivity index (χ4v) is 6.31. The molecule has 0 atom stereocenters. The SMILES string of the molecule is Cc1nc2cc(-c3ccc(-c4ccccc4)cc3)cc3c(C)nc4cc(-c5ccc(-c6ccccc6)cc5)cc1c4c23. The smallest absolute Gasteiger partial charge is 0.0725 e. The molecule has 0 fully saturated rings. The fraction of sp³-hybridized carbons (Fsp3) is 0.0500. The standard InChI is InChI=1S/C40H28N2/c1-25-35-21-33(31-17-13-29(14-18-31)27-9-5-3-6-10-27)24-38-39(35)40-36(26(2)42-38)22-34(23-37(40)41-25)32-19-15-30(16-20-32)28-11-7-4-8-12-28/h3-24H,1-2H3. The molecule has 198 valence electrons. The molecule has 2 aromatic heterocycles. The Balaban J connectivity index is 1.24. The molecule has 0 unspecified atom stereocenters. The van der Waals surface area contributed by atoms with Crippen LogP contribution in [0.25, 0.3) is 77.1 Å². The molecule has 42 heavy (non-hydrogen) atoms. The van der Waals surface area contributed by atoms with E-state index in [0.29, 0.717) is 0 Å². The van der Waals surface area contributed by atoms with Crippen LogP contribution in [-0.4, -0.2) is 9.97 Å². The number of benzene rings is 6. The average molecular weight is 537 g/mol. The maximum absolute atomic E-state index is 5.16. The van der Waals surface area contributed by atoms with Crippen molar-refractivity contribution in [3.63, 3.8) is 0 Å². The van der Waals surface area contributed by atoms with Gasteiger partial charge < -0.3 is 0 Å². The van der Waals surface area contributed by atoms with Gasteiger partial charge in [-0.25, -0.2) is 0 Å². The summed E-state index contributed by atoms with van der Waals surface area (Å²) in [5.74, 6) is 0. The zero-order chi connectivity index (χ0) is 28.2. The molecule has 8 rings (SSSR count).